The molecule has 4 nitrogen and oxygen atoms in total. The number of benzene rings is 1. The summed E-state index contributed by atoms with van der Waals surface area (Å²) in [4.78, 5) is 0. The van der Waals surface area contributed by atoms with Gasteiger partial charge in [-0.05, 0) is 41.9 Å². The van der Waals surface area contributed by atoms with E-state index in [0.717, 1.165) is 4.47 Å². The molecule has 0 aromatic heterocycles. The molecule has 0 aliphatic heterocycles. The van der Waals surface area contributed by atoms with Crippen molar-refractivity contribution in [2.45, 2.75) is 26.8 Å². The molecule has 7 heteroatoms. The molecule has 20 heavy (non-hydrogen) atoms. The Labute approximate surface area is 133 Å². The van der Waals surface area contributed by atoms with Gasteiger partial charge in [-0.1, -0.05) is 18.5 Å². The lowest BCUT2D eigenvalue weighted by Crippen LogP contribution is -2.27. The van der Waals surface area contributed by atoms with Crippen molar-refractivity contribution in [3.63, 3.8) is 0 Å². The molecule has 1 aromatic carbocycles. The second kappa shape index (κ2) is 7.52. The zero-order chi connectivity index (χ0) is 15.3. The predicted molar refractivity (Wildman–Crippen MR) is 87.7 cm³/mol. The van der Waals surface area contributed by atoms with Gasteiger partial charge >= 0.3 is 0 Å². The quantitative estimate of drug-likeness (QED) is 0.778. The van der Waals surface area contributed by atoms with Crippen molar-refractivity contribution in [3.05, 3.63) is 21.6 Å². The summed E-state index contributed by atoms with van der Waals surface area (Å²) in [5.74, 6) is 0.841. The molecule has 0 aliphatic rings. The molecule has 0 radical (unpaired) electrons. The van der Waals surface area contributed by atoms with Crippen molar-refractivity contribution in [2.75, 3.05) is 23.4 Å². The van der Waals surface area contributed by atoms with Gasteiger partial charge in [0.05, 0.1) is 22.5 Å². The molecule has 114 valence electrons. The third-order valence-corrected chi connectivity index (χ3v) is 5.34. The monoisotopic (exact) mass is 383 g/mol. The number of rotatable bonds is 7. The summed E-state index contributed by atoms with van der Waals surface area (Å²) >= 11 is 9.42. The van der Waals surface area contributed by atoms with Crippen LogP contribution in [-0.4, -0.2) is 32.6 Å². The largest absolute Gasteiger partial charge is 0.491 e. The fraction of sp³-hybridized carbons (Fsp3) is 0.538. The van der Waals surface area contributed by atoms with E-state index in [1.165, 1.54) is 0 Å². The number of anilines is 1. The third-order valence-electron chi connectivity index (χ3n) is 2.64. The molecule has 1 atom stereocenters. The Bertz CT molecular complexity index is 563. The minimum Gasteiger partial charge on any atom is -0.491 e. The summed E-state index contributed by atoms with van der Waals surface area (Å²) in [6, 6.07) is 3.24. The van der Waals surface area contributed by atoms with Crippen LogP contribution in [-0.2, 0) is 9.84 Å². The van der Waals surface area contributed by atoms with Gasteiger partial charge in [-0.25, -0.2) is 8.42 Å². The highest BCUT2D eigenvalue weighted by molar-refractivity contribution is 9.10. The second-order valence-electron chi connectivity index (χ2n) is 4.44. The highest BCUT2D eigenvalue weighted by Gasteiger charge is 2.17. The van der Waals surface area contributed by atoms with E-state index in [4.69, 9.17) is 16.3 Å². The van der Waals surface area contributed by atoms with Gasteiger partial charge in [0.2, 0.25) is 0 Å². The summed E-state index contributed by atoms with van der Waals surface area (Å²) < 4.78 is 29.6. The van der Waals surface area contributed by atoms with E-state index in [1.807, 2.05) is 13.8 Å². The van der Waals surface area contributed by atoms with Crippen molar-refractivity contribution < 1.29 is 13.2 Å². The van der Waals surface area contributed by atoms with Crippen molar-refractivity contribution >= 4 is 43.1 Å². The van der Waals surface area contributed by atoms with E-state index in [1.54, 1.807) is 19.1 Å². The van der Waals surface area contributed by atoms with Crippen LogP contribution in [0.2, 0.25) is 5.02 Å². The molecular weight excluding hydrogens is 366 g/mol. The molecule has 0 aliphatic carbocycles. The minimum atomic E-state index is -3.03. The maximum atomic E-state index is 11.6. The Morgan fingerprint density at radius 2 is 2.05 bits per heavy atom. The molecular formula is C13H19BrClNO3S. The molecule has 1 N–H and O–H groups in total. The summed E-state index contributed by atoms with van der Waals surface area (Å²) in [6.45, 7) is 5.85. The van der Waals surface area contributed by atoms with Gasteiger partial charge < -0.3 is 10.1 Å². The molecule has 1 rings (SSSR count). The van der Waals surface area contributed by atoms with Crippen molar-refractivity contribution in [3.8, 4) is 5.75 Å². The molecule has 0 spiro atoms. The topological polar surface area (TPSA) is 55.4 Å². The van der Waals surface area contributed by atoms with Gasteiger partial charge in [-0.2, -0.15) is 0 Å². The van der Waals surface area contributed by atoms with E-state index >= 15 is 0 Å². The molecule has 1 aromatic rings. The zero-order valence-electron chi connectivity index (χ0n) is 11.7. The first-order chi connectivity index (χ1) is 9.29. The Hall–Kier alpha value is -0.460. The van der Waals surface area contributed by atoms with Gasteiger partial charge in [0.25, 0.3) is 0 Å². The van der Waals surface area contributed by atoms with Crippen LogP contribution in [0.1, 0.15) is 20.8 Å². The van der Waals surface area contributed by atoms with E-state index < -0.39 is 9.84 Å². The Morgan fingerprint density at radius 1 is 1.40 bits per heavy atom. The number of nitrogens with one attached hydrogen (secondary N) is 1. The van der Waals surface area contributed by atoms with Crippen molar-refractivity contribution in [1.82, 2.24) is 0 Å². The molecule has 0 amide bonds. The molecule has 0 heterocycles. The first-order valence-corrected chi connectivity index (χ1v) is 9.37. The maximum absolute atomic E-state index is 11.6. The van der Waals surface area contributed by atoms with Crippen LogP contribution in [0.25, 0.3) is 0 Å². The normalized spacial score (nSPS) is 13.1. The van der Waals surface area contributed by atoms with E-state index in [0.29, 0.717) is 23.1 Å². The predicted octanol–water partition coefficient (Wildman–Crippen LogP) is 3.74. The van der Waals surface area contributed by atoms with Crippen LogP contribution >= 0.6 is 27.5 Å². The van der Waals surface area contributed by atoms with Crippen LogP contribution in [0.5, 0.6) is 5.75 Å². The third kappa shape index (κ3) is 5.14. The number of ether oxygens (including phenoxy) is 1. The fourth-order valence-electron chi connectivity index (χ4n) is 1.76. The van der Waals surface area contributed by atoms with Gasteiger partial charge in [-0.15, -0.1) is 0 Å². The molecule has 0 fully saturated rings. The van der Waals surface area contributed by atoms with Crippen molar-refractivity contribution in [2.24, 2.45) is 0 Å². The van der Waals surface area contributed by atoms with Crippen LogP contribution in [0.15, 0.2) is 16.6 Å². The van der Waals surface area contributed by atoms with Crippen LogP contribution < -0.4 is 10.1 Å². The summed E-state index contributed by atoms with van der Waals surface area (Å²) in [5, 5.41) is 3.70. The van der Waals surface area contributed by atoms with Crippen molar-refractivity contribution in [1.29, 1.82) is 0 Å². The molecule has 0 saturated carbocycles. The molecule has 1 unspecified atom stereocenters. The smallest absolute Gasteiger partial charge is 0.156 e. The van der Waals surface area contributed by atoms with Crippen LogP contribution in [0.4, 0.5) is 5.69 Å². The minimum absolute atomic E-state index is 0.0686. The Balaban J connectivity index is 2.96. The SMILES string of the molecule is CCOc1c(Br)cc(Cl)cc1NC(C)CS(=O)(=O)CC. The Kier molecular flexibility index (Phi) is 6.61. The average Bonchev–Trinajstić information content (AvgIpc) is 2.32. The second-order valence-corrected chi connectivity index (χ2v) is 8.13. The summed E-state index contributed by atoms with van der Waals surface area (Å²) in [5.41, 5.74) is 0.685. The average molecular weight is 385 g/mol. The molecule has 0 saturated heterocycles. The lowest BCUT2D eigenvalue weighted by atomic mass is 10.2. The van der Waals surface area contributed by atoms with E-state index in [9.17, 15) is 8.42 Å². The van der Waals surface area contributed by atoms with Gasteiger partial charge in [0, 0.05) is 16.8 Å². The zero-order valence-corrected chi connectivity index (χ0v) is 14.9. The van der Waals surface area contributed by atoms with Gasteiger partial charge in [0.1, 0.15) is 0 Å². The lowest BCUT2D eigenvalue weighted by Gasteiger charge is -2.19. The highest BCUT2D eigenvalue weighted by atomic mass is 79.9. The first-order valence-electron chi connectivity index (χ1n) is 6.37. The number of halogens is 2. The highest BCUT2D eigenvalue weighted by Crippen LogP contribution is 2.37. The first kappa shape index (κ1) is 17.6. The van der Waals surface area contributed by atoms with Gasteiger partial charge in [-0.3, -0.25) is 0 Å². The van der Waals surface area contributed by atoms with Crippen LogP contribution in [0.3, 0.4) is 0 Å². The number of sulfone groups is 1. The maximum Gasteiger partial charge on any atom is 0.156 e. The lowest BCUT2D eigenvalue weighted by molar-refractivity contribution is 0.339. The molecule has 0 bridgehead atoms. The summed E-state index contributed by atoms with van der Waals surface area (Å²) in [6.07, 6.45) is 0. The fourth-order valence-corrected chi connectivity index (χ4v) is 3.77. The van der Waals surface area contributed by atoms with Gasteiger partial charge in [0.15, 0.2) is 15.6 Å². The Morgan fingerprint density at radius 3 is 2.60 bits per heavy atom. The van der Waals surface area contributed by atoms with E-state index in [-0.39, 0.29) is 17.5 Å². The number of hydrogen-bond donors (Lipinski definition) is 1. The van der Waals surface area contributed by atoms with Crippen LogP contribution in [0, 0.1) is 0 Å². The summed E-state index contributed by atoms with van der Waals surface area (Å²) in [7, 11) is -3.03. The number of hydrogen-bond acceptors (Lipinski definition) is 4. The van der Waals surface area contributed by atoms with E-state index in [2.05, 4.69) is 21.2 Å². The standard InChI is InChI=1S/C13H19BrClNO3S/c1-4-19-13-11(14)6-10(15)7-12(13)16-9(3)8-20(17,18)5-2/h6-7,9,16H,4-5,8H2,1-3H3.